The van der Waals surface area contributed by atoms with Gasteiger partial charge in [0.1, 0.15) is 18.3 Å². The van der Waals surface area contributed by atoms with Crippen LogP contribution in [0.25, 0.3) is 0 Å². The van der Waals surface area contributed by atoms with Gasteiger partial charge in [0, 0.05) is 12.5 Å². The van der Waals surface area contributed by atoms with Gasteiger partial charge in [-0.15, -0.1) is 0 Å². The third-order valence-electron chi connectivity index (χ3n) is 6.39. The van der Waals surface area contributed by atoms with E-state index in [1.165, 1.54) is 0 Å². The monoisotopic (exact) mass is 519 g/mol. The van der Waals surface area contributed by atoms with E-state index in [1.807, 2.05) is 64.2 Å². The van der Waals surface area contributed by atoms with Crippen molar-refractivity contribution in [2.75, 3.05) is 6.61 Å². The van der Waals surface area contributed by atoms with Gasteiger partial charge < -0.3 is 28.1 Å². The summed E-state index contributed by atoms with van der Waals surface area (Å²) in [6.07, 6.45) is -11.7. The summed E-state index contributed by atoms with van der Waals surface area (Å²) in [7, 11) is -2.57. The van der Waals surface area contributed by atoms with Gasteiger partial charge in [-0.25, -0.2) is 0 Å². The van der Waals surface area contributed by atoms with Crippen LogP contribution in [-0.4, -0.2) is 63.7 Å². The first-order chi connectivity index (χ1) is 16.1. The third kappa shape index (κ3) is 6.42. The van der Waals surface area contributed by atoms with E-state index in [1.54, 1.807) is 0 Å². The van der Waals surface area contributed by atoms with Crippen LogP contribution in [0.3, 0.4) is 0 Å². The van der Waals surface area contributed by atoms with Crippen LogP contribution in [0, 0.1) is 5.41 Å². The second-order valence-electron chi connectivity index (χ2n) is 10.1. The molecule has 6 atom stereocenters. The van der Waals surface area contributed by atoms with Gasteiger partial charge in [0.05, 0.1) is 6.61 Å². The number of ether oxygens (including phenoxy) is 5. The van der Waals surface area contributed by atoms with Gasteiger partial charge in [-0.3, -0.25) is 10.2 Å². The molecule has 35 heavy (non-hydrogen) atoms. The lowest BCUT2D eigenvalue weighted by atomic mass is 9.97. The van der Waals surface area contributed by atoms with E-state index >= 15 is 0 Å². The number of rotatable bonds is 5. The summed E-state index contributed by atoms with van der Waals surface area (Å²) in [5.74, 6) is -2.73. The maximum Gasteiger partial charge on any atom is 0.467 e. The largest absolute Gasteiger partial charge is 0.467 e. The molecule has 2 saturated heterocycles. The van der Waals surface area contributed by atoms with Gasteiger partial charge in [0.25, 0.3) is 5.90 Å². The summed E-state index contributed by atoms with van der Waals surface area (Å²) in [4.78, 5) is 12.0. The van der Waals surface area contributed by atoms with Gasteiger partial charge >= 0.3 is 12.1 Å². The summed E-state index contributed by atoms with van der Waals surface area (Å²) in [6, 6.07) is 9.13. The van der Waals surface area contributed by atoms with E-state index in [2.05, 4.69) is 0 Å². The van der Waals surface area contributed by atoms with Gasteiger partial charge in [0.2, 0.25) is 6.29 Å². The zero-order valence-corrected chi connectivity index (χ0v) is 21.5. The van der Waals surface area contributed by atoms with E-state index in [0.717, 1.165) is 12.5 Å². The van der Waals surface area contributed by atoms with Crippen LogP contribution in [-0.2, 0) is 32.9 Å². The Morgan fingerprint density at radius 1 is 1.06 bits per heavy atom. The molecule has 2 aliphatic rings. The Balaban J connectivity index is 1.99. The Morgan fingerprint density at radius 3 is 2.23 bits per heavy atom. The smallest absolute Gasteiger partial charge is 0.453 e. The molecule has 0 amide bonds. The molecule has 0 radical (unpaired) electrons. The Labute approximate surface area is 203 Å². The summed E-state index contributed by atoms with van der Waals surface area (Å²) in [6.45, 7) is 11.0. The first-order valence-corrected chi connectivity index (χ1v) is 14.2. The highest BCUT2D eigenvalue weighted by Crippen LogP contribution is 2.43. The van der Waals surface area contributed by atoms with Crippen molar-refractivity contribution in [2.24, 2.45) is 0 Å². The minimum Gasteiger partial charge on any atom is -0.453 e. The molecule has 8 nitrogen and oxygen atoms in total. The van der Waals surface area contributed by atoms with Gasteiger partial charge in [-0.2, -0.15) is 13.2 Å². The quantitative estimate of drug-likeness (QED) is 0.261. The molecule has 0 saturated carbocycles. The fourth-order valence-corrected chi connectivity index (χ4v) is 4.87. The highest BCUT2D eigenvalue weighted by Gasteiger charge is 2.57. The van der Waals surface area contributed by atoms with Crippen molar-refractivity contribution in [1.82, 2.24) is 0 Å². The molecule has 0 bridgehead atoms. The van der Waals surface area contributed by atoms with Crippen molar-refractivity contribution >= 4 is 20.2 Å². The van der Waals surface area contributed by atoms with Crippen molar-refractivity contribution in [1.29, 1.82) is 5.41 Å². The second-order valence-corrected chi connectivity index (χ2v) is 14.8. The predicted octanol–water partition coefficient (Wildman–Crippen LogP) is 4.70. The minimum absolute atomic E-state index is 0.0341. The Hall–Kier alpha value is -1.99. The molecule has 3 rings (SSSR count). The number of halogens is 3. The van der Waals surface area contributed by atoms with Gasteiger partial charge in [-0.1, -0.05) is 51.1 Å². The zero-order chi connectivity index (χ0) is 26.2. The van der Waals surface area contributed by atoms with E-state index < -0.39 is 63.4 Å². The highest BCUT2D eigenvalue weighted by molar-refractivity contribution is 6.74. The fourth-order valence-electron chi connectivity index (χ4n) is 3.57. The molecule has 0 aromatic heterocycles. The third-order valence-corrected chi connectivity index (χ3v) is 10.9. The number of carbonyl (C=O) groups excluding carboxylic acids is 1. The van der Waals surface area contributed by atoms with E-state index in [9.17, 15) is 18.0 Å². The molecular weight excluding hydrogens is 487 g/mol. The number of esters is 1. The number of carbonyl (C=O) groups is 1. The zero-order valence-electron chi connectivity index (χ0n) is 20.5. The van der Waals surface area contributed by atoms with Crippen LogP contribution >= 0.6 is 0 Å². The number of nitrogens with one attached hydrogen (secondary N) is 1. The average Bonchev–Trinajstić information content (AvgIpc) is 2.74. The molecule has 0 aliphatic carbocycles. The number of alkyl halides is 3. The van der Waals surface area contributed by atoms with Crippen molar-refractivity contribution < 1.29 is 46.1 Å². The number of benzene rings is 1. The van der Waals surface area contributed by atoms with Crippen LogP contribution in [0.15, 0.2) is 30.3 Å². The summed E-state index contributed by atoms with van der Waals surface area (Å²) in [5.41, 5.74) is 0.735. The van der Waals surface area contributed by atoms with Crippen LogP contribution in [0.4, 0.5) is 13.2 Å². The van der Waals surface area contributed by atoms with Crippen molar-refractivity contribution in [3.63, 3.8) is 0 Å². The number of hydrogen-bond acceptors (Lipinski definition) is 8. The van der Waals surface area contributed by atoms with E-state index in [4.69, 9.17) is 33.5 Å². The van der Waals surface area contributed by atoms with Crippen LogP contribution in [0.5, 0.6) is 0 Å². The summed E-state index contributed by atoms with van der Waals surface area (Å²) >= 11 is 0. The van der Waals surface area contributed by atoms with Gasteiger partial charge in [-0.05, 0) is 18.1 Å². The molecule has 1 aromatic carbocycles. The van der Waals surface area contributed by atoms with Crippen molar-refractivity contribution in [3.05, 3.63) is 35.9 Å². The van der Waals surface area contributed by atoms with Crippen LogP contribution in [0.1, 0.15) is 39.5 Å². The molecule has 196 valence electrons. The number of fused-ring (bicyclic) bond motifs is 1. The fraction of sp³-hybridized carbons (Fsp3) is 0.652. The Bertz CT molecular complexity index is 907. The van der Waals surface area contributed by atoms with Crippen molar-refractivity contribution in [3.8, 4) is 0 Å². The van der Waals surface area contributed by atoms with E-state index in [0.29, 0.717) is 0 Å². The standard InChI is InChI=1S/C23H32F3NO7Si/c1-13(28)30-18-17(34-35(5,6)22(2,3)4)16-15(31-20(18)33-21(27)23(24,25)26)12-29-19(32-16)14-10-8-7-9-11-14/h7-11,15-20,27H,12H2,1-6H3/t15-,16+,17+,18-,19?,20?/m1/s1. The van der Waals surface area contributed by atoms with Gasteiger partial charge in [0.15, 0.2) is 20.7 Å². The topological polar surface area (TPSA) is 96.3 Å². The van der Waals surface area contributed by atoms with Crippen molar-refractivity contribution in [2.45, 2.75) is 89.0 Å². The minimum atomic E-state index is -5.05. The molecule has 2 fully saturated rings. The molecular formula is C23H32F3NO7Si. The summed E-state index contributed by atoms with van der Waals surface area (Å²) in [5, 5.41) is 7.03. The van der Waals surface area contributed by atoms with Crippen LogP contribution in [0.2, 0.25) is 18.1 Å². The first-order valence-electron chi connectivity index (χ1n) is 11.2. The SMILES string of the molecule is CC(=O)O[C@H]1C(OC(=N)C(F)(F)F)O[C@@H]2COC(c3ccccc3)O[C@@H]2[C@@H]1O[Si](C)(C)C(C)(C)C. The lowest BCUT2D eigenvalue weighted by Crippen LogP contribution is -2.66. The molecule has 2 unspecified atom stereocenters. The molecule has 2 heterocycles. The number of hydrogen-bond donors (Lipinski definition) is 1. The maximum atomic E-state index is 13.1. The first kappa shape index (κ1) is 27.6. The average molecular weight is 520 g/mol. The lowest BCUT2D eigenvalue weighted by molar-refractivity contribution is -0.352. The van der Waals surface area contributed by atoms with E-state index in [-0.39, 0.29) is 11.6 Å². The summed E-state index contributed by atoms with van der Waals surface area (Å²) < 4.78 is 73.9. The predicted molar refractivity (Wildman–Crippen MR) is 121 cm³/mol. The highest BCUT2D eigenvalue weighted by atomic mass is 28.4. The molecule has 1 aromatic rings. The van der Waals surface area contributed by atoms with Crippen LogP contribution < -0.4 is 0 Å². The Kier molecular flexibility index (Phi) is 8.02. The molecule has 0 spiro atoms. The normalized spacial score (nSPS) is 29.7. The Morgan fingerprint density at radius 2 is 1.69 bits per heavy atom. The molecule has 2 aliphatic heterocycles. The molecule has 12 heteroatoms. The maximum absolute atomic E-state index is 13.1. The second kappa shape index (κ2) is 10.2. The lowest BCUT2D eigenvalue weighted by Gasteiger charge is -2.51. The molecule has 1 N–H and O–H groups in total.